The molecule has 0 bridgehead atoms. The van der Waals surface area contributed by atoms with Crippen molar-refractivity contribution in [2.24, 2.45) is 0 Å². The predicted octanol–water partition coefficient (Wildman–Crippen LogP) is -0.527. The minimum atomic E-state index is -0.224. The molecule has 2 rings (SSSR count). The van der Waals surface area contributed by atoms with Crippen LogP contribution >= 0.6 is 0 Å². The van der Waals surface area contributed by atoms with Crippen molar-refractivity contribution in [3.8, 4) is 0 Å². The predicted molar refractivity (Wildman–Crippen MR) is 54.4 cm³/mol. The molecule has 0 fully saturated rings. The lowest BCUT2D eigenvalue weighted by Gasteiger charge is -2.10. The van der Waals surface area contributed by atoms with Gasteiger partial charge in [-0.05, 0) is 13.5 Å². The second kappa shape index (κ2) is 3.98. The second-order valence-corrected chi connectivity index (χ2v) is 3.75. The van der Waals surface area contributed by atoms with Crippen molar-refractivity contribution in [1.29, 1.82) is 0 Å². The number of aromatic nitrogens is 3. The fraction of sp³-hybridized carbons (Fsp3) is 0.667. The van der Waals surface area contributed by atoms with E-state index in [1.807, 2.05) is 11.7 Å². The Labute approximate surface area is 88.3 Å². The summed E-state index contributed by atoms with van der Waals surface area (Å²) in [6.07, 6.45) is 1.04. The second-order valence-electron chi connectivity index (χ2n) is 3.75. The van der Waals surface area contributed by atoms with Crippen molar-refractivity contribution in [1.82, 2.24) is 25.0 Å². The van der Waals surface area contributed by atoms with E-state index < -0.39 is 0 Å². The van der Waals surface area contributed by atoms with E-state index in [4.69, 9.17) is 0 Å². The quantitative estimate of drug-likeness (QED) is 0.675. The van der Waals surface area contributed by atoms with Crippen LogP contribution in [0.2, 0.25) is 0 Å². The molecule has 0 saturated heterocycles. The summed E-state index contributed by atoms with van der Waals surface area (Å²) in [7, 11) is 3.63. The van der Waals surface area contributed by atoms with Crippen LogP contribution in [-0.4, -0.2) is 46.2 Å². The van der Waals surface area contributed by atoms with Gasteiger partial charge in [-0.3, -0.25) is 9.69 Å². The first-order chi connectivity index (χ1) is 7.20. The van der Waals surface area contributed by atoms with Crippen LogP contribution in [0.4, 0.5) is 0 Å². The van der Waals surface area contributed by atoms with Crippen LogP contribution in [0.5, 0.6) is 0 Å². The summed E-state index contributed by atoms with van der Waals surface area (Å²) >= 11 is 0. The molecule has 1 N–H and O–H groups in total. The molecular formula is C9H15N5O. The first-order valence-corrected chi connectivity index (χ1v) is 5.05. The average molecular weight is 209 g/mol. The Kier molecular flexibility index (Phi) is 2.68. The van der Waals surface area contributed by atoms with Crippen LogP contribution in [0.15, 0.2) is 0 Å². The first-order valence-electron chi connectivity index (χ1n) is 5.05. The van der Waals surface area contributed by atoms with Gasteiger partial charge in [0.2, 0.25) is 5.82 Å². The summed E-state index contributed by atoms with van der Waals surface area (Å²) < 4.78 is 1.83. The van der Waals surface area contributed by atoms with Crippen LogP contribution in [0.25, 0.3) is 0 Å². The molecule has 1 amide bonds. The van der Waals surface area contributed by atoms with Crippen molar-refractivity contribution in [3.63, 3.8) is 0 Å². The van der Waals surface area contributed by atoms with E-state index >= 15 is 0 Å². The van der Waals surface area contributed by atoms with Crippen molar-refractivity contribution < 1.29 is 4.79 Å². The van der Waals surface area contributed by atoms with Gasteiger partial charge in [-0.25, -0.2) is 9.67 Å². The lowest BCUT2D eigenvalue weighted by molar-refractivity contribution is 0.0952. The molecule has 0 spiro atoms. The smallest absolute Gasteiger partial charge is 0.290 e. The molecule has 15 heavy (non-hydrogen) atoms. The van der Waals surface area contributed by atoms with Gasteiger partial charge < -0.3 is 5.32 Å². The summed E-state index contributed by atoms with van der Waals surface area (Å²) in [4.78, 5) is 17.7. The van der Waals surface area contributed by atoms with Gasteiger partial charge in [0, 0.05) is 20.1 Å². The van der Waals surface area contributed by atoms with Gasteiger partial charge in [0.25, 0.3) is 5.91 Å². The summed E-state index contributed by atoms with van der Waals surface area (Å²) in [6, 6.07) is 0. The topological polar surface area (TPSA) is 63.1 Å². The lowest BCUT2D eigenvalue weighted by Crippen LogP contribution is -2.20. The highest BCUT2D eigenvalue weighted by molar-refractivity contribution is 5.90. The Hall–Kier alpha value is -1.43. The number of aryl methyl sites for hydroxylation is 1. The Morgan fingerprint density at radius 3 is 3.00 bits per heavy atom. The average Bonchev–Trinajstić information content (AvgIpc) is 2.53. The van der Waals surface area contributed by atoms with Gasteiger partial charge >= 0.3 is 0 Å². The molecule has 1 aliphatic rings. The number of hydrogen-bond acceptors (Lipinski definition) is 4. The molecule has 6 nitrogen and oxygen atoms in total. The molecule has 0 unspecified atom stereocenters. The Morgan fingerprint density at radius 1 is 1.47 bits per heavy atom. The zero-order valence-corrected chi connectivity index (χ0v) is 9.03. The summed E-state index contributed by atoms with van der Waals surface area (Å²) in [5, 5.41) is 6.71. The summed E-state index contributed by atoms with van der Waals surface area (Å²) in [5.41, 5.74) is 0. The minimum Gasteiger partial charge on any atom is -0.352 e. The van der Waals surface area contributed by atoms with Crippen LogP contribution in [-0.2, 0) is 13.1 Å². The van der Waals surface area contributed by atoms with Crippen molar-refractivity contribution in [2.75, 3.05) is 20.6 Å². The third-order valence-electron chi connectivity index (χ3n) is 2.50. The number of carbonyl (C=O) groups is 1. The fourth-order valence-corrected chi connectivity index (χ4v) is 1.69. The number of fused-ring (bicyclic) bond motifs is 1. The van der Waals surface area contributed by atoms with Gasteiger partial charge in [-0.15, -0.1) is 5.10 Å². The molecular weight excluding hydrogens is 194 g/mol. The summed E-state index contributed by atoms with van der Waals surface area (Å²) in [6.45, 7) is 2.63. The maximum Gasteiger partial charge on any atom is 0.290 e. The molecule has 0 aliphatic carbocycles. The monoisotopic (exact) mass is 209 g/mol. The Bertz CT molecular complexity index is 373. The molecule has 2 heterocycles. The molecule has 82 valence electrons. The maximum atomic E-state index is 11.3. The van der Waals surface area contributed by atoms with Gasteiger partial charge in [0.15, 0.2) is 0 Å². The van der Waals surface area contributed by atoms with Crippen LogP contribution < -0.4 is 5.32 Å². The van der Waals surface area contributed by atoms with Gasteiger partial charge in [-0.1, -0.05) is 0 Å². The Balaban J connectivity index is 2.27. The highest BCUT2D eigenvalue weighted by Crippen LogP contribution is 2.08. The van der Waals surface area contributed by atoms with E-state index in [0.29, 0.717) is 0 Å². The van der Waals surface area contributed by atoms with E-state index in [2.05, 4.69) is 20.3 Å². The van der Waals surface area contributed by atoms with Crippen LogP contribution in [0, 0.1) is 0 Å². The standard InChI is InChI=1S/C9H15N5O/c1-10-9(15)8-11-7-6-13(2)4-3-5-14(7)12-8/h3-6H2,1-2H3,(H,10,15). The largest absolute Gasteiger partial charge is 0.352 e. The van der Waals surface area contributed by atoms with E-state index in [1.165, 1.54) is 0 Å². The van der Waals surface area contributed by atoms with Gasteiger partial charge in [0.1, 0.15) is 5.82 Å². The van der Waals surface area contributed by atoms with Crippen molar-refractivity contribution in [2.45, 2.75) is 19.5 Å². The molecule has 1 aliphatic heterocycles. The fourth-order valence-electron chi connectivity index (χ4n) is 1.69. The SMILES string of the molecule is CNC(=O)c1nc2n(n1)CCCN(C)C2. The van der Waals surface area contributed by atoms with E-state index in [0.717, 1.165) is 31.9 Å². The third kappa shape index (κ3) is 1.99. The van der Waals surface area contributed by atoms with Crippen LogP contribution in [0.1, 0.15) is 22.9 Å². The lowest BCUT2D eigenvalue weighted by atomic mass is 10.4. The van der Waals surface area contributed by atoms with Crippen molar-refractivity contribution in [3.05, 3.63) is 11.6 Å². The number of nitrogens with zero attached hydrogens (tertiary/aromatic N) is 4. The maximum absolute atomic E-state index is 11.3. The normalized spacial score (nSPS) is 16.9. The van der Waals surface area contributed by atoms with Crippen LogP contribution in [0.3, 0.4) is 0 Å². The zero-order valence-electron chi connectivity index (χ0n) is 9.03. The molecule has 0 atom stereocenters. The van der Waals surface area contributed by atoms with Crippen molar-refractivity contribution >= 4 is 5.91 Å². The number of hydrogen-bond donors (Lipinski definition) is 1. The third-order valence-corrected chi connectivity index (χ3v) is 2.50. The minimum absolute atomic E-state index is 0.224. The van der Waals surface area contributed by atoms with E-state index in [1.54, 1.807) is 7.05 Å². The highest BCUT2D eigenvalue weighted by Gasteiger charge is 2.18. The number of rotatable bonds is 1. The number of amides is 1. The molecule has 1 aromatic rings. The Morgan fingerprint density at radius 2 is 2.27 bits per heavy atom. The number of carbonyl (C=O) groups excluding carboxylic acids is 1. The summed E-state index contributed by atoms with van der Waals surface area (Å²) in [5.74, 6) is 0.912. The molecule has 1 aromatic heterocycles. The molecule has 0 radical (unpaired) electrons. The van der Waals surface area contributed by atoms with E-state index in [-0.39, 0.29) is 11.7 Å². The molecule has 0 saturated carbocycles. The molecule has 0 aromatic carbocycles. The number of nitrogens with one attached hydrogen (secondary N) is 1. The first kappa shape index (κ1) is 10.1. The zero-order chi connectivity index (χ0) is 10.8. The van der Waals surface area contributed by atoms with E-state index in [9.17, 15) is 4.79 Å². The van der Waals surface area contributed by atoms with Gasteiger partial charge in [-0.2, -0.15) is 0 Å². The van der Waals surface area contributed by atoms with Gasteiger partial charge in [0.05, 0.1) is 6.54 Å². The highest BCUT2D eigenvalue weighted by atomic mass is 16.2. The molecule has 6 heteroatoms.